The molecule has 112 valence electrons. The molecule has 0 aliphatic carbocycles. The second-order valence-corrected chi connectivity index (χ2v) is 5.19. The molecular formula is C14H9Cl2FN4O. The van der Waals surface area contributed by atoms with E-state index in [0.29, 0.717) is 27.3 Å². The van der Waals surface area contributed by atoms with E-state index in [9.17, 15) is 4.39 Å². The summed E-state index contributed by atoms with van der Waals surface area (Å²) < 4.78 is 20.0. The lowest BCUT2D eigenvalue weighted by molar-refractivity contribution is 0.292. The topological polar surface area (TPSA) is 52.8 Å². The third-order valence-electron chi connectivity index (χ3n) is 2.86. The highest BCUT2D eigenvalue weighted by atomic mass is 35.5. The molecule has 22 heavy (non-hydrogen) atoms. The molecule has 0 spiro atoms. The average molecular weight is 339 g/mol. The van der Waals surface area contributed by atoms with Gasteiger partial charge in [-0.2, -0.15) is 4.68 Å². The van der Waals surface area contributed by atoms with E-state index in [-0.39, 0.29) is 12.4 Å². The van der Waals surface area contributed by atoms with Gasteiger partial charge in [-0.1, -0.05) is 23.2 Å². The number of tetrazole rings is 1. The maximum atomic E-state index is 13.0. The minimum atomic E-state index is -0.331. The van der Waals surface area contributed by atoms with Gasteiger partial charge in [0.25, 0.3) is 0 Å². The van der Waals surface area contributed by atoms with Gasteiger partial charge in [-0.3, -0.25) is 0 Å². The highest BCUT2D eigenvalue weighted by molar-refractivity contribution is 6.35. The van der Waals surface area contributed by atoms with Crippen molar-refractivity contribution in [2.75, 3.05) is 0 Å². The lowest BCUT2D eigenvalue weighted by Crippen LogP contribution is -2.07. The van der Waals surface area contributed by atoms with E-state index in [4.69, 9.17) is 27.9 Å². The molecule has 0 radical (unpaired) electrons. The summed E-state index contributed by atoms with van der Waals surface area (Å²) in [5.74, 6) is 0.597. The predicted molar refractivity (Wildman–Crippen MR) is 79.9 cm³/mol. The lowest BCUT2D eigenvalue weighted by atomic mass is 10.3. The Morgan fingerprint density at radius 3 is 2.59 bits per heavy atom. The molecule has 2 aromatic carbocycles. The summed E-state index contributed by atoms with van der Waals surface area (Å²) >= 11 is 11.9. The van der Waals surface area contributed by atoms with E-state index in [1.54, 1.807) is 30.3 Å². The first-order chi connectivity index (χ1) is 10.6. The zero-order valence-electron chi connectivity index (χ0n) is 11.1. The first kappa shape index (κ1) is 14.7. The highest BCUT2D eigenvalue weighted by Crippen LogP contribution is 2.28. The van der Waals surface area contributed by atoms with Crippen molar-refractivity contribution in [3.63, 3.8) is 0 Å². The number of hydrogen-bond acceptors (Lipinski definition) is 4. The zero-order valence-corrected chi connectivity index (χ0v) is 12.6. The van der Waals surface area contributed by atoms with Crippen LogP contribution in [0.25, 0.3) is 5.69 Å². The fourth-order valence-corrected chi connectivity index (χ4v) is 2.28. The van der Waals surface area contributed by atoms with Crippen LogP contribution in [0.2, 0.25) is 10.0 Å². The molecule has 0 aliphatic heterocycles. The smallest absolute Gasteiger partial charge is 0.194 e. The molecule has 0 atom stereocenters. The van der Waals surface area contributed by atoms with Gasteiger partial charge >= 0.3 is 0 Å². The van der Waals surface area contributed by atoms with Crippen LogP contribution in [0.3, 0.4) is 0 Å². The maximum absolute atomic E-state index is 13.0. The minimum Gasteiger partial charge on any atom is -0.484 e. The number of halogens is 3. The molecule has 5 nitrogen and oxygen atoms in total. The number of rotatable bonds is 4. The van der Waals surface area contributed by atoms with Gasteiger partial charge in [-0.25, -0.2) is 4.39 Å². The first-order valence-electron chi connectivity index (χ1n) is 6.24. The van der Waals surface area contributed by atoms with Crippen LogP contribution in [0.5, 0.6) is 5.75 Å². The van der Waals surface area contributed by atoms with Crippen molar-refractivity contribution in [1.82, 2.24) is 20.2 Å². The molecule has 0 unspecified atom stereocenters. The molecule has 0 bridgehead atoms. The number of nitrogens with zero attached hydrogens (tertiary/aromatic N) is 4. The predicted octanol–water partition coefficient (Wildman–Crippen LogP) is 3.69. The molecule has 0 N–H and O–H groups in total. The normalized spacial score (nSPS) is 10.7. The van der Waals surface area contributed by atoms with E-state index < -0.39 is 0 Å². The molecule has 0 fully saturated rings. The molecule has 8 heteroatoms. The lowest BCUT2D eigenvalue weighted by Gasteiger charge is -2.08. The summed E-state index contributed by atoms with van der Waals surface area (Å²) in [7, 11) is 0. The van der Waals surface area contributed by atoms with Gasteiger partial charge in [-0.15, -0.1) is 5.10 Å². The molecule has 1 heterocycles. The van der Waals surface area contributed by atoms with Crippen LogP contribution < -0.4 is 4.74 Å². The Hall–Kier alpha value is -2.18. The van der Waals surface area contributed by atoms with Crippen LogP contribution in [0.4, 0.5) is 4.39 Å². The zero-order chi connectivity index (χ0) is 15.5. The van der Waals surface area contributed by atoms with Crippen LogP contribution in [0, 0.1) is 5.82 Å². The van der Waals surface area contributed by atoms with E-state index in [1.165, 1.54) is 16.8 Å². The highest BCUT2D eigenvalue weighted by Gasteiger charge is 2.10. The number of aromatic nitrogens is 4. The van der Waals surface area contributed by atoms with Gasteiger partial charge in [-0.05, 0) is 52.9 Å². The standard InChI is InChI=1S/C14H9Cl2FN4O/c15-9-1-6-13(12(16)7-9)22-8-14-18-19-20-21(14)11-4-2-10(17)3-5-11/h1-7H,8H2. The summed E-state index contributed by atoms with van der Waals surface area (Å²) in [6.07, 6.45) is 0. The number of ether oxygens (including phenoxy) is 1. The van der Waals surface area contributed by atoms with Crippen LogP contribution in [-0.2, 0) is 6.61 Å². The van der Waals surface area contributed by atoms with Crippen molar-refractivity contribution in [1.29, 1.82) is 0 Å². The van der Waals surface area contributed by atoms with E-state index in [2.05, 4.69) is 15.5 Å². The van der Waals surface area contributed by atoms with Crippen LogP contribution in [-0.4, -0.2) is 20.2 Å². The van der Waals surface area contributed by atoms with Crippen molar-refractivity contribution in [3.8, 4) is 11.4 Å². The average Bonchev–Trinajstić information content (AvgIpc) is 2.95. The van der Waals surface area contributed by atoms with Crippen molar-refractivity contribution in [2.24, 2.45) is 0 Å². The molecule has 0 aliphatic rings. The number of benzene rings is 2. The van der Waals surface area contributed by atoms with Crippen LogP contribution in [0.1, 0.15) is 5.82 Å². The van der Waals surface area contributed by atoms with Crippen LogP contribution >= 0.6 is 23.2 Å². The van der Waals surface area contributed by atoms with Crippen LogP contribution in [0.15, 0.2) is 42.5 Å². The van der Waals surface area contributed by atoms with Crippen molar-refractivity contribution in [2.45, 2.75) is 6.61 Å². The summed E-state index contributed by atoms with van der Waals surface area (Å²) in [4.78, 5) is 0. The minimum absolute atomic E-state index is 0.103. The van der Waals surface area contributed by atoms with Crippen molar-refractivity contribution < 1.29 is 9.13 Å². The fourth-order valence-electron chi connectivity index (χ4n) is 1.81. The Kier molecular flexibility index (Phi) is 4.22. The Labute approximate surface area is 135 Å². The van der Waals surface area contributed by atoms with E-state index >= 15 is 0 Å². The Morgan fingerprint density at radius 1 is 1.09 bits per heavy atom. The van der Waals surface area contributed by atoms with E-state index in [1.807, 2.05) is 0 Å². The van der Waals surface area contributed by atoms with E-state index in [0.717, 1.165) is 0 Å². The first-order valence-corrected chi connectivity index (χ1v) is 7.00. The summed E-state index contributed by atoms with van der Waals surface area (Å²) in [5, 5.41) is 12.3. The van der Waals surface area contributed by atoms with Gasteiger partial charge in [0.15, 0.2) is 5.82 Å². The summed E-state index contributed by atoms with van der Waals surface area (Å²) in [5.41, 5.74) is 0.632. The maximum Gasteiger partial charge on any atom is 0.194 e. The van der Waals surface area contributed by atoms with Gasteiger partial charge in [0, 0.05) is 5.02 Å². The second-order valence-electron chi connectivity index (χ2n) is 4.35. The van der Waals surface area contributed by atoms with Gasteiger partial charge < -0.3 is 4.74 Å². The Bertz CT molecular complexity index is 792. The van der Waals surface area contributed by atoms with Gasteiger partial charge in [0.2, 0.25) is 0 Å². The fraction of sp³-hybridized carbons (Fsp3) is 0.0714. The Balaban J connectivity index is 1.79. The van der Waals surface area contributed by atoms with Crippen molar-refractivity contribution in [3.05, 3.63) is 64.2 Å². The molecule has 3 rings (SSSR count). The molecule has 0 saturated heterocycles. The van der Waals surface area contributed by atoms with Gasteiger partial charge in [0.1, 0.15) is 18.2 Å². The van der Waals surface area contributed by atoms with Crippen molar-refractivity contribution >= 4 is 23.2 Å². The largest absolute Gasteiger partial charge is 0.484 e. The third kappa shape index (κ3) is 3.18. The quantitative estimate of drug-likeness (QED) is 0.728. The molecule has 0 amide bonds. The second kappa shape index (κ2) is 6.29. The monoisotopic (exact) mass is 338 g/mol. The summed E-state index contributed by atoms with van der Waals surface area (Å²) in [6.45, 7) is 0.103. The molecule has 0 saturated carbocycles. The molecule has 1 aromatic heterocycles. The third-order valence-corrected chi connectivity index (χ3v) is 3.39. The molecule has 3 aromatic rings. The number of hydrogen-bond donors (Lipinski definition) is 0. The SMILES string of the molecule is Fc1ccc(-n2nnnc2COc2ccc(Cl)cc2Cl)cc1. The molecular weight excluding hydrogens is 330 g/mol. The van der Waals surface area contributed by atoms with Gasteiger partial charge in [0.05, 0.1) is 10.7 Å². The Morgan fingerprint density at radius 2 is 1.86 bits per heavy atom. The summed E-state index contributed by atoms with van der Waals surface area (Å²) in [6, 6.07) is 10.7.